The van der Waals surface area contributed by atoms with Gasteiger partial charge in [0.2, 0.25) is 5.91 Å². The summed E-state index contributed by atoms with van der Waals surface area (Å²) in [5.41, 5.74) is 0. The van der Waals surface area contributed by atoms with E-state index in [1.807, 2.05) is 0 Å². The van der Waals surface area contributed by atoms with E-state index >= 15 is 0 Å². The normalized spacial score (nSPS) is 12.6. The van der Waals surface area contributed by atoms with Gasteiger partial charge >= 0.3 is 0 Å². The zero-order chi connectivity index (χ0) is 12.3. The monoisotopic (exact) mass is 236 g/mol. The van der Waals surface area contributed by atoms with E-state index in [1.165, 1.54) is 18.7 Å². The van der Waals surface area contributed by atoms with Crippen molar-refractivity contribution in [2.75, 3.05) is 33.4 Å². The Labute approximate surface area is 91.8 Å². The van der Waals surface area contributed by atoms with Gasteiger partial charge in [-0.1, -0.05) is 0 Å². The van der Waals surface area contributed by atoms with Gasteiger partial charge in [0.15, 0.2) is 9.84 Å². The molecular weight excluding hydrogens is 216 g/mol. The van der Waals surface area contributed by atoms with Crippen LogP contribution in [0.5, 0.6) is 0 Å². The number of amides is 1. The zero-order valence-electron chi connectivity index (χ0n) is 9.99. The third kappa shape index (κ3) is 3.46. The second-order valence-corrected chi connectivity index (χ2v) is 6.68. The number of nitrogens with one attached hydrogen (secondary N) is 1. The minimum Gasteiger partial charge on any atom is -0.343 e. The Kier molecular flexibility index (Phi) is 4.73. The number of carbonyl (C=O) groups excluding carboxylic acids is 1. The van der Waals surface area contributed by atoms with E-state index in [0.717, 1.165) is 6.26 Å². The molecule has 0 aromatic heterocycles. The Hall–Kier alpha value is -0.620. The molecule has 5 nitrogen and oxygen atoms in total. The average Bonchev–Trinajstić information content (AvgIpc) is 2.10. The molecule has 0 atom stereocenters. The lowest BCUT2D eigenvalue weighted by Crippen LogP contribution is -2.49. The number of rotatable bonds is 5. The van der Waals surface area contributed by atoms with Crippen LogP contribution >= 0.6 is 0 Å². The smallest absolute Gasteiger partial charge is 0.243 e. The molecule has 0 unspecified atom stereocenters. The highest BCUT2D eigenvalue weighted by atomic mass is 32.2. The number of hydrogen-bond acceptors (Lipinski definition) is 4. The average molecular weight is 236 g/mol. The minimum atomic E-state index is -3.38. The lowest BCUT2D eigenvalue weighted by molar-refractivity contribution is -0.131. The van der Waals surface area contributed by atoms with Crippen LogP contribution in [0.15, 0.2) is 0 Å². The number of likely N-dealkylation sites (N-methyl/N-ethyl adjacent to an activating group) is 2. The van der Waals surface area contributed by atoms with Gasteiger partial charge in [-0.2, -0.15) is 0 Å². The third-order valence-corrected chi connectivity index (χ3v) is 4.51. The molecule has 0 saturated carbocycles. The van der Waals surface area contributed by atoms with Crippen LogP contribution in [0.1, 0.15) is 13.8 Å². The molecule has 0 radical (unpaired) electrons. The van der Waals surface area contributed by atoms with Crippen molar-refractivity contribution in [1.29, 1.82) is 0 Å². The highest BCUT2D eigenvalue weighted by molar-refractivity contribution is 7.92. The lowest BCUT2D eigenvalue weighted by Gasteiger charge is -2.27. The lowest BCUT2D eigenvalue weighted by atomic mass is 10.2. The van der Waals surface area contributed by atoms with Gasteiger partial charge in [0.1, 0.15) is 4.75 Å². The van der Waals surface area contributed by atoms with E-state index in [1.54, 1.807) is 14.1 Å². The Morgan fingerprint density at radius 3 is 2.20 bits per heavy atom. The summed E-state index contributed by atoms with van der Waals surface area (Å²) in [6.45, 7) is 4.00. The van der Waals surface area contributed by atoms with Crippen molar-refractivity contribution < 1.29 is 13.2 Å². The molecule has 0 saturated heterocycles. The van der Waals surface area contributed by atoms with E-state index in [9.17, 15) is 13.2 Å². The fourth-order valence-corrected chi connectivity index (χ4v) is 1.47. The highest BCUT2D eigenvalue weighted by Crippen LogP contribution is 2.17. The predicted molar refractivity (Wildman–Crippen MR) is 60.5 cm³/mol. The summed E-state index contributed by atoms with van der Waals surface area (Å²) < 4.78 is 21.5. The first-order valence-corrected chi connectivity index (χ1v) is 6.63. The van der Waals surface area contributed by atoms with Gasteiger partial charge in [0.05, 0.1) is 0 Å². The maximum absolute atomic E-state index is 11.8. The molecule has 0 fully saturated rings. The summed E-state index contributed by atoms with van der Waals surface area (Å²) in [5.74, 6) is -0.375. The van der Waals surface area contributed by atoms with Gasteiger partial charge in [-0.15, -0.1) is 0 Å². The molecule has 90 valence electrons. The maximum Gasteiger partial charge on any atom is 0.243 e. The first kappa shape index (κ1) is 14.4. The van der Waals surface area contributed by atoms with E-state index in [0.29, 0.717) is 13.1 Å². The third-order valence-electron chi connectivity index (χ3n) is 2.49. The van der Waals surface area contributed by atoms with Crippen molar-refractivity contribution in [2.45, 2.75) is 18.6 Å². The summed E-state index contributed by atoms with van der Waals surface area (Å²) in [7, 11) is -0.00169. The molecule has 0 spiro atoms. The van der Waals surface area contributed by atoms with Crippen LogP contribution in [0.3, 0.4) is 0 Å². The number of nitrogens with zero attached hydrogens (tertiary/aromatic N) is 1. The fourth-order valence-electron chi connectivity index (χ4n) is 0.999. The molecular formula is C9H20N2O3S. The molecule has 0 aliphatic carbocycles. The Bertz CT molecular complexity index is 322. The fraction of sp³-hybridized carbons (Fsp3) is 0.889. The highest BCUT2D eigenvalue weighted by Gasteiger charge is 2.40. The van der Waals surface area contributed by atoms with Crippen molar-refractivity contribution in [3.05, 3.63) is 0 Å². The van der Waals surface area contributed by atoms with Gasteiger partial charge in [0.25, 0.3) is 0 Å². The molecule has 0 aliphatic heterocycles. The van der Waals surface area contributed by atoms with E-state index < -0.39 is 14.6 Å². The molecule has 0 aliphatic rings. The van der Waals surface area contributed by atoms with Crippen molar-refractivity contribution in [1.82, 2.24) is 10.2 Å². The summed E-state index contributed by atoms with van der Waals surface area (Å²) >= 11 is 0. The molecule has 1 amide bonds. The van der Waals surface area contributed by atoms with Crippen LogP contribution in [0.25, 0.3) is 0 Å². The molecule has 6 heteroatoms. The van der Waals surface area contributed by atoms with Gasteiger partial charge in [-0.25, -0.2) is 8.42 Å². The Morgan fingerprint density at radius 2 is 1.87 bits per heavy atom. The maximum atomic E-state index is 11.8. The molecule has 15 heavy (non-hydrogen) atoms. The van der Waals surface area contributed by atoms with E-state index in [4.69, 9.17) is 0 Å². The first-order valence-electron chi connectivity index (χ1n) is 4.74. The van der Waals surface area contributed by atoms with E-state index in [2.05, 4.69) is 5.32 Å². The summed E-state index contributed by atoms with van der Waals surface area (Å²) in [6, 6.07) is 0. The second kappa shape index (κ2) is 4.94. The quantitative estimate of drug-likeness (QED) is 0.698. The summed E-state index contributed by atoms with van der Waals surface area (Å²) in [4.78, 5) is 13.3. The Balaban J connectivity index is 4.71. The predicted octanol–water partition coefficient (Wildman–Crippen LogP) is -0.513. The van der Waals surface area contributed by atoms with Crippen molar-refractivity contribution >= 4 is 15.7 Å². The topological polar surface area (TPSA) is 66.5 Å². The summed E-state index contributed by atoms with van der Waals surface area (Å²) in [5, 5.41) is 2.90. The largest absolute Gasteiger partial charge is 0.343 e. The van der Waals surface area contributed by atoms with Crippen LogP contribution in [0.4, 0.5) is 0 Å². The first-order chi connectivity index (χ1) is 6.64. The van der Waals surface area contributed by atoms with Gasteiger partial charge in [-0.05, 0) is 20.9 Å². The summed E-state index contributed by atoms with van der Waals surface area (Å²) in [6.07, 6.45) is 1.08. The van der Waals surface area contributed by atoms with Gasteiger partial charge in [-0.3, -0.25) is 4.79 Å². The number of carbonyl (C=O) groups is 1. The van der Waals surface area contributed by atoms with E-state index in [-0.39, 0.29) is 5.91 Å². The van der Waals surface area contributed by atoms with Gasteiger partial charge in [0, 0.05) is 26.4 Å². The SMILES string of the molecule is CNCCN(C)C(=O)C(C)(C)S(C)(=O)=O. The zero-order valence-corrected chi connectivity index (χ0v) is 10.8. The van der Waals surface area contributed by atoms with Crippen molar-refractivity contribution in [3.8, 4) is 0 Å². The van der Waals surface area contributed by atoms with Crippen LogP contribution in [-0.2, 0) is 14.6 Å². The van der Waals surface area contributed by atoms with Crippen LogP contribution in [0, 0.1) is 0 Å². The van der Waals surface area contributed by atoms with Crippen LogP contribution in [0.2, 0.25) is 0 Å². The van der Waals surface area contributed by atoms with Crippen LogP contribution < -0.4 is 5.32 Å². The molecule has 0 heterocycles. The molecule has 0 aromatic carbocycles. The number of hydrogen-bond donors (Lipinski definition) is 1. The van der Waals surface area contributed by atoms with Gasteiger partial charge < -0.3 is 10.2 Å². The number of sulfone groups is 1. The Morgan fingerprint density at radius 1 is 1.40 bits per heavy atom. The van der Waals surface area contributed by atoms with Crippen molar-refractivity contribution in [3.63, 3.8) is 0 Å². The standard InChI is InChI=1S/C9H20N2O3S/c1-9(2,15(5,13)14)8(12)11(4)7-6-10-3/h10H,6-7H2,1-5H3. The van der Waals surface area contributed by atoms with Crippen molar-refractivity contribution in [2.24, 2.45) is 0 Å². The molecule has 0 bridgehead atoms. The molecule has 1 N–H and O–H groups in total. The second-order valence-electron chi connectivity index (χ2n) is 4.11. The molecule has 0 aromatic rings. The minimum absolute atomic E-state index is 0.375. The van der Waals surface area contributed by atoms with Crippen LogP contribution in [-0.4, -0.2) is 57.4 Å². The molecule has 0 rings (SSSR count).